The summed E-state index contributed by atoms with van der Waals surface area (Å²) in [7, 11) is 1.49. The van der Waals surface area contributed by atoms with E-state index in [1.165, 1.54) is 17.7 Å². The van der Waals surface area contributed by atoms with Crippen LogP contribution in [0.15, 0.2) is 24.4 Å². The number of ether oxygens (including phenoxy) is 1. The smallest absolute Gasteiger partial charge is 0.408 e. The molecule has 10 heteroatoms. The minimum absolute atomic E-state index is 0.0409. The minimum Gasteiger partial charge on any atom is -0.494 e. The molecule has 7 nitrogen and oxygen atoms in total. The highest BCUT2D eigenvalue weighted by molar-refractivity contribution is 5.99. The molecule has 0 bridgehead atoms. The average molecular weight is 379 g/mol. The van der Waals surface area contributed by atoms with Crippen molar-refractivity contribution in [3.63, 3.8) is 0 Å². The van der Waals surface area contributed by atoms with Gasteiger partial charge in [-0.15, -0.1) is 0 Å². The molecular formula is C17H16F3N5O2. The lowest BCUT2D eigenvalue weighted by Gasteiger charge is -2.25. The van der Waals surface area contributed by atoms with Crippen LogP contribution in [-0.4, -0.2) is 51.0 Å². The van der Waals surface area contributed by atoms with Gasteiger partial charge in [-0.05, 0) is 25.0 Å². The molecule has 3 heterocycles. The van der Waals surface area contributed by atoms with Crippen molar-refractivity contribution < 1.29 is 22.7 Å². The lowest BCUT2D eigenvalue weighted by molar-refractivity contribution is -0.169. The van der Waals surface area contributed by atoms with Gasteiger partial charge in [0.1, 0.15) is 28.6 Å². The number of fused-ring (bicyclic) bond motifs is 3. The molecule has 3 aromatic rings. The zero-order chi connectivity index (χ0) is 19.3. The van der Waals surface area contributed by atoms with E-state index in [4.69, 9.17) is 10.5 Å². The zero-order valence-corrected chi connectivity index (χ0v) is 14.3. The van der Waals surface area contributed by atoms with E-state index in [-0.39, 0.29) is 24.6 Å². The Morgan fingerprint density at radius 2 is 2.11 bits per heavy atom. The number of hydrogen-bond acceptors (Lipinski definition) is 5. The van der Waals surface area contributed by atoms with Crippen LogP contribution < -0.4 is 10.5 Å². The number of benzene rings is 1. The van der Waals surface area contributed by atoms with Crippen molar-refractivity contribution in [3.05, 3.63) is 30.1 Å². The molecule has 2 aromatic heterocycles. The molecular weight excluding hydrogens is 363 g/mol. The van der Waals surface area contributed by atoms with Crippen molar-refractivity contribution in [3.8, 4) is 5.75 Å². The summed E-state index contributed by atoms with van der Waals surface area (Å²) in [6.45, 7) is 0.0409. The van der Waals surface area contributed by atoms with Crippen LogP contribution in [0.2, 0.25) is 0 Å². The Labute approximate surface area is 151 Å². The van der Waals surface area contributed by atoms with Crippen LogP contribution in [0.5, 0.6) is 5.75 Å². The second-order valence-corrected chi connectivity index (χ2v) is 6.34. The summed E-state index contributed by atoms with van der Waals surface area (Å²) >= 11 is 0. The van der Waals surface area contributed by atoms with Crippen molar-refractivity contribution >= 4 is 28.4 Å². The monoisotopic (exact) mass is 379 g/mol. The first-order valence-corrected chi connectivity index (χ1v) is 8.30. The molecule has 0 saturated carbocycles. The molecule has 1 aliphatic rings. The van der Waals surface area contributed by atoms with Crippen molar-refractivity contribution in [2.24, 2.45) is 0 Å². The minimum atomic E-state index is -4.47. The van der Waals surface area contributed by atoms with Gasteiger partial charge in [0.15, 0.2) is 0 Å². The molecule has 0 radical (unpaired) electrons. The van der Waals surface area contributed by atoms with Crippen molar-refractivity contribution in [2.75, 3.05) is 19.4 Å². The molecule has 142 valence electrons. The Hall–Kier alpha value is -3.04. The first kappa shape index (κ1) is 17.4. The molecule has 1 atom stereocenters. The number of para-hydroxylation sites is 1. The molecule has 1 aromatic carbocycles. The quantitative estimate of drug-likeness (QED) is 0.740. The number of imidazole rings is 1. The van der Waals surface area contributed by atoms with Gasteiger partial charge in [0.05, 0.1) is 7.11 Å². The van der Waals surface area contributed by atoms with Gasteiger partial charge in [-0.2, -0.15) is 13.2 Å². The number of methoxy groups -OCH3 is 1. The van der Waals surface area contributed by atoms with E-state index in [0.29, 0.717) is 28.7 Å². The largest absolute Gasteiger partial charge is 0.494 e. The first-order chi connectivity index (χ1) is 12.8. The molecule has 0 unspecified atom stereocenters. The number of amides is 1. The number of rotatable bonds is 2. The summed E-state index contributed by atoms with van der Waals surface area (Å²) in [5, 5.41) is 0.580. The lowest BCUT2D eigenvalue weighted by atomic mass is 10.2. The molecule has 4 rings (SSSR count). The molecule has 1 saturated heterocycles. The number of anilines is 1. The summed E-state index contributed by atoms with van der Waals surface area (Å²) in [5.74, 6) is -0.231. The highest BCUT2D eigenvalue weighted by Crippen LogP contribution is 2.34. The number of hydrogen-bond donors (Lipinski definition) is 1. The second kappa shape index (κ2) is 6.00. The van der Waals surface area contributed by atoms with Gasteiger partial charge in [-0.25, -0.2) is 9.97 Å². The van der Waals surface area contributed by atoms with E-state index < -0.39 is 18.1 Å². The fraction of sp³-hybridized carbons (Fsp3) is 0.353. The number of halogens is 3. The third-order valence-corrected chi connectivity index (χ3v) is 4.75. The summed E-state index contributed by atoms with van der Waals surface area (Å²) in [6, 6.07) is 3.38. The predicted octanol–water partition coefficient (Wildman–Crippen LogP) is 2.64. The third-order valence-electron chi connectivity index (χ3n) is 4.75. The van der Waals surface area contributed by atoms with E-state index >= 15 is 0 Å². The summed E-state index contributed by atoms with van der Waals surface area (Å²) < 4.78 is 46.2. The molecule has 27 heavy (non-hydrogen) atoms. The topological polar surface area (TPSA) is 85.8 Å². The highest BCUT2D eigenvalue weighted by atomic mass is 19.4. The Kier molecular flexibility index (Phi) is 3.86. The molecule has 1 aliphatic heterocycles. The maximum Gasteiger partial charge on any atom is 0.408 e. The Morgan fingerprint density at radius 1 is 1.33 bits per heavy atom. The Morgan fingerprint density at radius 3 is 2.81 bits per heavy atom. The normalized spacial score (nSPS) is 17.8. The first-order valence-electron chi connectivity index (χ1n) is 8.30. The number of carbonyl (C=O) groups is 1. The van der Waals surface area contributed by atoms with Crippen molar-refractivity contribution in [1.29, 1.82) is 0 Å². The molecule has 0 aliphatic carbocycles. The molecule has 1 fully saturated rings. The number of carbonyl (C=O) groups excluding carboxylic acids is 1. The number of alkyl halides is 3. The van der Waals surface area contributed by atoms with Crippen molar-refractivity contribution in [2.45, 2.75) is 25.1 Å². The number of nitrogen functional groups attached to an aromatic ring is 1. The van der Waals surface area contributed by atoms with Gasteiger partial charge in [-0.1, -0.05) is 6.07 Å². The zero-order valence-electron chi connectivity index (χ0n) is 14.3. The highest BCUT2D eigenvalue weighted by Gasteiger charge is 2.48. The van der Waals surface area contributed by atoms with Gasteiger partial charge in [-0.3, -0.25) is 9.20 Å². The van der Waals surface area contributed by atoms with Crippen LogP contribution in [0.3, 0.4) is 0 Å². The van der Waals surface area contributed by atoms with Gasteiger partial charge >= 0.3 is 6.18 Å². The molecule has 0 spiro atoms. The van der Waals surface area contributed by atoms with E-state index in [2.05, 4.69) is 9.97 Å². The maximum atomic E-state index is 13.2. The number of nitrogens with two attached hydrogens (primary N) is 1. The molecule has 2 N–H and O–H groups in total. The summed E-state index contributed by atoms with van der Waals surface area (Å²) in [4.78, 5) is 22.1. The fourth-order valence-electron chi connectivity index (χ4n) is 3.50. The van der Waals surface area contributed by atoms with Crippen molar-refractivity contribution in [1.82, 2.24) is 19.3 Å². The number of likely N-dealkylation sites (tertiary alicyclic amines) is 1. The Balaban J connectivity index is 1.83. The number of nitrogens with zero attached hydrogens (tertiary/aromatic N) is 4. The van der Waals surface area contributed by atoms with Crippen LogP contribution in [0.4, 0.5) is 19.1 Å². The second-order valence-electron chi connectivity index (χ2n) is 6.34. The van der Waals surface area contributed by atoms with E-state index in [0.717, 1.165) is 4.90 Å². The van der Waals surface area contributed by atoms with Gasteiger partial charge in [0.25, 0.3) is 5.91 Å². The Bertz CT molecular complexity index is 1050. The van der Waals surface area contributed by atoms with Crippen LogP contribution >= 0.6 is 0 Å². The lowest BCUT2D eigenvalue weighted by Crippen LogP contribution is -2.44. The predicted molar refractivity (Wildman–Crippen MR) is 91.6 cm³/mol. The van der Waals surface area contributed by atoms with Gasteiger partial charge in [0.2, 0.25) is 5.95 Å². The van der Waals surface area contributed by atoms with Crippen LogP contribution in [0, 0.1) is 0 Å². The SMILES string of the molecule is COc1cccc2c1nc(N)n1cc(C(=O)N3CCC[C@@H]3C(F)(F)F)nc21. The van der Waals surface area contributed by atoms with E-state index in [9.17, 15) is 18.0 Å². The fourth-order valence-corrected chi connectivity index (χ4v) is 3.50. The average Bonchev–Trinajstić information content (AvgIpc) is 3.28. The summed E-state index contributed by atoms with van der Waals surface area (Å²) in [6.07, 6.45) is -2.95. The molecule has 1 amide bonds. The van der Waals surface area contributed by atoms with Crippen LogP contribution in [-0.2, 0) is 0 Å². The number of aromatic nitrogens is 3. The van der Waals surface area contributed by atoms with Crippen LogP contribution in [0.25, 0.3) is 16.6 Å². The maximum absolute atomic E-state index is 13.2. The van der Waals surface area contributed by atoms with Gasteiger partial charge in [0, 0.05) is 18.1 Å². The van der Waals surface area contributed by atoms with Gasteiger partial charge < -0.3 is 15.4 Å². The summed E-state index contributed by atoms with van der Waals surface area (Å²) in [5.41, 5.74) is 6.66. The standard InChI is InChI=1S/C17H16F3N5O2/c1-27-11-5-2-4-9-13(11)23-16(21)25-8-10(22-14(9)25)15(26)24-7-3-6-12(24)17(18,19)20/h2,4-5,8,12H,3,6-7H2,1H3,(H2,21,23)/t12-/m1/s1. The third kappa shape index (κ3) is 2.71. The van der Waals surface area contributed by atoms with E-state index in [1.54, 1.807) is 18.2 Å². The van der Waals surface area contributed by atoms with E-state index in [1.807, 2.05) is 0 Å². The van der Waals surface area contributed by atoms with Crippen LogP contribution in [0.1, 0.15) is 23.3 Å².